The highest BCUT2D eigenvalue weighted by Crippen LogP contribution is 2.36. The van der Waals surface area contributed by atoms with Crippen LogP contribution in [0.4, 0.5) is 5.13 Å². The highest BCUT2D eigenvalue weighted by atomic mass is 32.1. The van der Waals surface area contributed by atoms with Gasteiger partial charge in [0, 0.05) is 29.9 Å². The molecular weight excluding hydrogens is 943 g/mol. The second-order valence-corrected chi connectivity index (χ2v) is 17.0. The number of benzene rings is 4. The topological polar surface area (TPSA) is 196 Å². The fourth-order valence-electron chi connectivity index (χ4n) is 6.64. The number of nitrogens with one attached hydrogen (secondary N) is 1. The van der Waals surface area contributed by atoms with Crippen molar-refractivity contribution in [2.75, 3.05) is 45.1 Å². The molecule has 4 aromatic carbocycles. The summed E-state index contributed by atoms with van der Waals surface area (Å²) in [6.45, 7) is 12.3. The highest BCUT2D eigenvalue weighted by Gasteiger charge is 2.20. The Morgan fingerprint density at radius 1 is 0.514 bits per heavy atom. The van der Waals surface area contributed by atoms with Gasteiger partial charge in [-0.1, -0.05) is 43.2 Å². The summed E-state index contributed by atoms with van der Waals surface area (Å²) in [5.41, 5.74) is 4.53. The molecule has 5 aromatic rings. The van der Waals surface area contributed by atoms with Gasteiger partial charge in [-0.05, 0) is 144 Å². The smallest absolute Gasteiger partial charge is 0.343 e. The van der Waals surface area contributed by atoms with Gasteiger partial charge in [-0.25, -0.2) is 29.0 Å². The Hall–Kier alpha value is -7.79. The molecule has 72 heavy (non-hydrogen) atoms. The first-order chi connectivity index (χ1) is 35.1. The Labute approximate surface area is 423 Å². The molecule has 17 heteroatoms. The molecule has 0 saturated heterocycles. The molecule has 0 saturated carbocycles. The number of rotatable bonds is 34. The van der Waals surface area contributed by atoms with E-state index >= 15 is 0 Å². The molecule has 16 nitrogen and oxygen atoms in total. The number of hydrogen-bond donors (Lipinski definition) is 1. The van der Waals surface area contributed by atoms with Crippen molar-refractivity contribution in [1.29, 1.82) is 0 Å². The summed E-state index contributed by atoms with van der Waals surface area (Å²) >= 11 is 1.41. The summed E-state index contributed by atoms with van der Waals surface area (Å²) in [7, 11) is 0. The second-order valence-electron chi connectivity index (χ2n) is 15.9. The standard InChI is InChI=1S/C55H61N3O13S/c1-4-50(59)67-34-18-10-7-15-31-64-43-27-23-40(24-28-43)53(62)70-46-38-47(66-33-17-9-12-20-36-69-52(61)6-3)48(37-42(46)39-56-58-55-57-45-21-13-14-22-49(45)72-55)71-54(63)41-25-29-44(30-26-41)65-32-16-8-11-19-35-68-51(60)5-2/h4-6,13-14,21-30,37-39H,1-3,7-12,15-20,31-36H2,(H,57,58)/b56-39+. The summed E-state index contributed by atoms with van der Waals surface area (Å²) in [5, 5.41) is 4.95. The van der Waals surface area contributed by atoms with Crippen LogP contribution in [0.1, 0.15) is 103 Å². The molecule has 1 heterocycles. The number of thiazole rings is 1. The zero-order valence-electron chi connectivity index (χ0n) is 40.4. The second kappa shape index (κ2) is 31.4. The monoisotopic (exact) mass is 1000 g/mol. The van der Waals surface area contributed by atoms with Gasteiger partial charge in [0.1, 0.15) is 17.2 Å². The van der Waals surface area contributed by atoms with E-state index in [0.29, 0.717) is 55.9 Å². The zero-order chi connectivity index (χ0) is 51.2. The number of ether oxygens (including phenoxy) is 8. The van der Waals surface area contributed by atoms with Crippen molar-refractivity contribution in [3.8, 4) is 28.7 Å². The van der Waals surface area contributed by atoms with Crippen molar-refractivity contribution in [3.63, 3.8) is 0 Å². The molecule has 1 aromatic heterocycles. The lowest BCUT2D eigenvalue weighted by atomic mass is 10.1. The molecule has 5 rings (SSSR count). The maximum Gasteiger partial charge on any atom is 0.343 e. The summed E-state index contributed by atoms with van der Waals surface area (Å²) in [4.78, 5) is 65.9. The quantitative estimate of drug-likeness (QED) is 0.00776. The summed E-state index contributed by atoms with van der Waals surface area (Å²) in [5.74, 6) is -1.25. The molecule has 0 amide bonds. The average Bonchev–Trinajstić information content (AvgIpc) is 3.82. The van der Waals surface area contributed by atoms with Gasteiger partial charge in [0.2, 0.25) is 5.13 Å². The summed E-state index contributed by atoms with van der Waals surface area (Å²) < 4.78 is 46.1. The SMILES string of the molecule is C=CC(=O)OCCCCCCOc1ccc(C(=O)Oc2cc(OCCCCCCOC(=O)C=C)c(OC(=O)c3ccc(OCCCCCCOC(=O)C=C)cc3)cc2/C=N/Nc2nc3ccccc3s2)cc1. The van der Waals surface area contributed by atoms with Crippen LogP contribution in [-0.2, 0) is 28.6 Å². The number of aromatic nitrogens is 1. The summed E-state index contributed by atoms with van der Waals surface area (Å²) in [6.07, 6.45) is 14.3. The zero-order valence-corrected chi connectivity index (χ0v) is 41.2. The minimum absolute atomic E-state index is 0.0507. The summed E-state index contributed by atoms with van der Waals surface area (Å²) in [6, 6.07) is 23.8. The van der Waals surface area contributed by atoms with Crippen molar-refractivity contribution < 1.29 is 61.9 Å². The fraction of sp³-hybridized carbons (Fsp3) is 0.327. The molecule has 0 radical (unpaired) electrons. The van der Waals surface area contributed by atoms with Crippen LogP contribution in [0, 0.1) is 0 Å². The minimum atomic E-state index is -0.674. The highest BCUT2D eigenvalue weighted by molar-refractivity contribution is 7.22. The van der Waals surface area contributed by atoms with Crippen molar-refractivity contribution in [2.24, 2.45) is 5.10 Å². The lowest BCUT2D eigenvalue weighted by molar-refractivity contribution is -0.138. The van der Waals surface area contributed by atoms with Crippen LogP contribution in [0.3, 0.4) is 0 Å². The number of anilines is 1. The molecule has 0 aliphatic rings. The fourth-order valence-corrected chi connectivity index (χ4v) is 7.45. The molecule has 0 fully saturated rings. The predicted molar refractivity (Wildman–Crippen MR) is 275 cm³/mol. The van der Waals surface area contributed by atoms with Crippen LogP contribution in [0.2, 0.25) is 0 Å². The van der Waals surface area contributed by atoms with E-state index in [-0.39, 0.29) is 47.2 Å². The largest absolute Gasteiger partial charge is 0.494 e. The van der Waals surface area contributed by atoms with E-state index in [1.807, 2.05) is 24.3 Å². The van der Waals surface area contributed by atoms with Crippen LogP contribution in [0.25, 0.3) is 10.2 Å². The predicted octanol–water partition coefficient (Wildman–Crippen LogP) is 11.2. The first-order valence-corrected chi connectivity index (χ1v) is 24.7. The number of hydrogen-bond acceptors (Lipinski definition) is 17. The third kappa shape index (κ3) is 19.9. The van der Waals surface area contributed by atoms with Gasteiger partial charge >= 0.3 is 29.8 Å². The van der Waals surface area contributed by atoms with Gasteiger partial charge in [0.15, 0.2) is 11.5 Å². The number of hydrazone groups is 1. The van der Waals surface area contributed by atoms with Crippen LogP contribution in [-0.4, -0.2) is 80.7 Å². The van der Waals surface area contributed by atoms with E-state index in [9.17, 15) is 24.0 Å². The molecule has 0 aliphatic heterocycles. The van der Waals surface area contributed by atoms with Crippen molar-refractivity contribution in [2.45, 2.75) is 77.0 Å². The molecule has 0 unspecified atom stereocenters. The van der Waals surface area contributed by atoms with Crippen molar-refractivity contribution >= 4 is 62.7 Å². The first-order valence-electron chi connectivity index (χ1n) is 23.9. The van der Waals surface area contributed by atoms with E-state index in [0.717, 1.165) is 92.7 Å². The minimum Gasteiger partial charge on any atom is -0.494 e. The maximum absolute atomic E-state index is 13.8. The molecule has 0 bridgehead atoms. The van der Waals surface area contributed by atoms with Gasteiger partial charge in [0.25, 0.3) is 0 Å². The number of carbonyl (C=O) groups excluding carboxylic acids is 5. The van der Waals surface area contributed by atoms with Gasteiger partial charge in [-0.2, -0.15) is 5.10 Å². The Balaban J connectivity index is 1.29. The number of unbranched alkanes of at least 4 members (excludes halogenated alkanes) is 9. The molecule has 0 aliphatic carbocycles. The van der Waals surface area contributed by atoms with E-state index in [1.54, 1.807) is 48.5 Å². The van der Waals surface area contributed by atoms with E-state index in [4.69, 9.17) is 37.9 Å². The average molecular weight is 1000 g/mol. The van der Waals surface area contributed by atoms with E-state index < -0.39 is 29.8 Å². The maximum atomic E-state index is 13.8. The number of para-hydroxylation sites is 1. The Kier molecular flexibility index (Phi) is 24.1. The molecule has 0 spiro atoms. The third-order valence-corrected chi connectivity index (χ3v) is 11.4. The lowest BCUT2D eigenvalue weighted by Gasteiger charge is -2.16. The molecule has 0 atom stereocenters. The normalized spacial score (nSPS) is 10.8. The number of fused-ring (bicyclic) bond motifs is 1. The molecular formula is C55H61N3O13S. The van der Waals surface area contributed by atoms with Crippen LogP contribution < -0.4 is 29.1 Å². The Morgan fingerprint density at radius 3 is 1.43 bits per heavy atom. The lowest BCUT2D eigenvalue weighted by Crippen LogP contribution is -2.13. The Morgan fingerprint density at radius 2 is 0.958 bits per heavy atom. The third-order valence-electron chi connectivity index (χ3n) is 10.5. The first kappa shape index (κ1) is 55.1. The van der Waals surface area contributed by atoms with Gasteiger partial charge in [0.05, 0.1) is 67.2 Å². The van der Waals surface area contributed by atoms with Crippen LogP contribution in [0.15, 0.2) is 128 Å². The van der Waals surface area contributed by atoms with Gasteiger partial charge in [-0.3, -0.25) is 5.43 Å². The number of carbonyl (C=O) groups is 5. The Bertz CT molecular complexity index is 2560. The van der Waals surface area contributed by atoms with Gasteiger partial charge < -0.3 is 37.9 Å². The van der Waals surface area contributed by atoms with Crippen molar-refractivity contribution in [1.82, 2.24) is 4.98 Å². The van der Waals surface area contributed by atoms with Crippen LogP contribution >= 0.6 is 11.3 Å². The van der Waals surface area contributed by atoms with E-state index in [2.05, 4.69) is 35.2 Å². The van der Waals surface area contributed by atoms with Gasteiger partial charge in [-0.15, -0.1) is 0 Å². The number of nitrogens with zero attached hydrogens (tertiary/aromatic N) is 2. The number of esters is 5. The molecule has 380 valence electrons. The van der Waals surface area contributed by atoms with Crippen molar-refractivity contribution in [3.05, 3.63) is 140 Å². The molecule has 1 N–H and O–H groups in total. The van der Waals surface area contributed by atoms with E-state index in [1.165, 1.54) is 29.7 Å². The van der Waals surface area contributed by atoms with Crippen LogP contribution in [0.5, 0.6) is 28.7 Å².